The van der Waals surface area contributed by atoms with E-state index in [0.29, 0.717) is 0 Å². The van der Waals surface area contributed by atoms with E-state index in [0.717, 1.165) is 37.8 Å². The molecule has 0 spiro atoms. The molecule has 1 aromatic carbocycles. The molecule has 19 heavy (non-hydrogen) atoms. The van der Waals surface area contributed by atoms with Gasteiger partial charge >= 0.3 is 0 Å². The molecule has 1 fully saturated rings. The molecule has 0 N–H and O–H groups in total. The largest absolute Gasteiger partial charge is 0.494 e. The molecular weight excluding hydrogens is 234 g/mol. The Hall–Kier alpha value is -1.02. The van der Waals surface area contributed by atoms with Gasteiger partial charge in [-0.3, -0.25) is 0 Å². The van der Waals surface area contributed by atoms with Gasteiger partial charge in [0.05, 0.1) is 6.61 Å². The molecule has 1 radical (unpaired) electrons. The molecule has 0 saturated carbocycles. The molecule has 0 amide bonds. The summed E-state index contributed by atoms with van der Waals surface area (Å²) in [6, 6.07) is 8.69. The highest BCUT2D eigenvalue weighted by atomic mass is 16.5. The van der Waals surface area contributed by atoms with Crippen molar-refractivity contribution in [2.45, 2.75) is 45.4 Å². The lowest BCUT2D eigenvalue weighted by molar-refractivity contribution is 0.306. The van der Waals surface area contributed by atoms with Crippen LogP contribution in [0.5, 0.6) is 5.75 Å². The van der Waals surface area contributed by atoms with Gasteiger partial charge in [-0.25, -0.2) is 5.32 Å². The summed E-state index contributed by atoms with van der Waals surface area (Å²) in [4.78, 5) is 0. The summed E-state index contributed by atoms with van der Waals surface area (Å²) in [5.41, 5.74) is 1.44. The normalized spacial score (nSPS) is 16.5. The second-order valence-electron chi connectivity index (χ2n) is 5.52. The van der Waals surface area contributed by atoms with E-state index < -0.39 is 0 Å². The minimum Gasteiger partial charge on any atom is -0.494 e. The van der Waals surface area contributed by atoms with E-state index in [1.165, 1.54) is 37.7 Å². The first-order valence-electron chi connectivity index (χ1n) is 7.73. The van der Waals surface area contributed by atoms with Gasteiger partial charge in [-0.15, -0.1) is 0 Å². The van der Waals surface area contributed by atoms with Crippen LogP contribution in [0.1, 0.15) is 44.6 Å². The summed E-state index contributed by atoms with van der Waals surface area (Å²) < 4.78 is 5.74. The van der Waals surface area contributed by atoms with E-state index in [4.69, 9.17) is 4.74 Å². The minimum absolute atomic E-state index is 0.828. The van der Waals surface area contributed by atoms with E-state index in [2.05, 4.69) is 36.5 Å². The van der Waals surface area contributed by atoms with Gasteiger partial charge in [-0.2, -0.15) is 0 Å². The Morgan fingerprint density at radius 2 is 1.84 bits per heavy atom. The summed E-state index contributed by atoms with van der Waals surface area (Å²) in [7, 11) is 0. The van der Waals surface area contributed by atoms with Gasteiger partial charge in [0.15, 0.2) is 0 Å². The molecule has 0 unspecified atom stereocenters. The molecule has 1 aliphatic heterocycles. The topological polar surface area (TPSA) is 23.3 Å². The fraction of sp³-hybridized carbons (Fsp3) is 0.647. The first-order chi connectivity index (χ1) is 9.38. The van der Waals surface area contributed by atoms with E-state index in [1.54, 1.807) is 0 Å². The fourth-order valence-electron chi connectivity index (χ4n) is 2.61. The molecule has 105 valence electrons. The number of ether oxygens (including phenoxy) is 1. The predicted octanol–water partition coefficient (Wildman–Crippen LogP) is 3.81. The maximum absolute atomic E-state index is 5.74. The standard InChI is InChI=1S/C17H26NO/c1-2-3-4-13-19-17-7-5-15(6-8-17)14-16-9-11-18-12-10-16/h5-8,16H,2-4,9-14H2,1H3. The van der Waals surface area contributed by atoms with Crippen LogP contribution in [0.4, 0.5) is 0 Å². The van der Waals surface area contributed by atoms with Crippen LogP contribution in [0, 0.1) is 5.92 Å². The number of rotatable bonds is 7. The third-order valence-corrected chi connectivity index (χ3v) is 3.86. The zero-order valence-corrected chi connectivity index (χ0v) is 12.1. The molecular formula is C17H26NO. The highest BCUT2D eigenvalue weighted by Crippen LogP contribution is 2.20. The van der Waals surface area contributed by atoms with Crippen LogP contribution in [-0.2, 0) is 6.42 Å². The van der Waals surface area contributed by atoms with Crippen LogP contribution >= 0.6 is 0 Å². The quantitative estimate of drug-likeness (QED) is 0.684. The predicted molar refractivity (Wildman–Crippen MR) is 79.8 cm³/mol. The van der Waals surface area contributed by atoms with Crippen LogP contribution in [0.15, 0.2) is 24.3 Å². The maximum Gasteiger partial charge on any atom is 0.119 e. The number of benzene rings is 1. The molecule has 0 aromatic heterocycles. The minimum atomic E-state index is 0.828. The first kappa shape index (κ1) is 14.4. The van der Waals surface area contributed by atoms with Gasteiger partial charge in [-0.1, -0.05) is 31.9 Å². The van der Waals surface area contributed by atoms with Crippen molar-refractivity contribution in [3.05, 3.63) is 29.8 Å². The number of nitrogens with zero attached hydrogens (tertiary/aromatic N) is 1. The summed E-state index contributed by atoms with van der Waals surface area (Å²) in [5.74, 6) is 1.84. The molecule has 0 atom stereocenters. The molecule has 1 aromatic rings. The summed E-state index contributed by atoms with van der Waals surface area (Å²) in [5, 5.41) is 4.41. The summed E-state index contributed by atoms with van der Waals surface area (Å²) in [6.07, 6.45) is 7.38. The molecule has 0 bridgehead atoms. The Morgan fingerprint density at radius 1 is 1.11 bits per heavy atom. The monoisotopic (exact) mass is 260 g/mol. The number of hydrogen-bond donors (Lipinski definition) is 0. The van der Waals surface area contributed by atoms with Gasteiger partial charge < -0.3 is 4.74 Å². The second-order valence-corrected chi connectivity index (χ2v) is 5.52. The SMILES string of the molecule is CCCCCOc1ccc(CC2CC[N]CC2)cc1. The van der Waals surface area contributed by atoms with Crippen LogP contribution in [0.3, 0.4) is 0 Å². The van der Waals surface area contributed by atoms with Crippen molar-refractivity contribution >= 4 is 0 Å². The maximum atomic E-state index is 5.74. The van der Waals surface area contributed by atoms with Crippen molar-refractivity contribution in [1.29, 1.82) is 0 Å². The van der Waals surface area contributed by atoms with Crippen LogP contribution in [-0.4, -0.2) is 19.7 Å². The Labute approximate surface area is 117 Å². The average molecular weight is 260 g/mol. The van der Waals surface area contributed by atoms with Crippen molar-refractivity contribution in [3.63, 3.8) is 0 Å². The lowest BCUT2D eigenvalue weighted by Gasteiger charge is -2.21. The molecule has 1 heterocycles. The zero-order chi connectivity index (χ0) is 13.3. The smallest absolute Gasteiger partial charge is 0.119 e. The van der Waals surface area contributed by atoms with Crippen molar-refractivity contribution in [3.8, 4) is 5.75 Å². The van der Waals surface area contributed by atoms with Gasteiger partial charge in [0, 0.05) is 13.1 Å². The van der Waals surface area contributed by atoms with Crippen LogP contribution in [0.25, 0.3) is 0 Å². The molecule has 2 nitrogen and oxygen atoms in total. The van der Waals surface area contributed by atoms with Crippen molar-refractivity contribution < 1.29 is 4.74 Å². The average Bonchev–Trinajstić information content (AvgIpc) is 2.46. The number of unbranched alkanes of at least 4 members (excludes halogenated alkanes) is 2. The zero-order valence-electron chi connectivity index (χ0n) is 12.1. The number of piperidine rings is 1. The first-order valence-corrected chi connectivity index (χ1v) is 7.73. The van der Waals surface area contributed by atoms with E-state index >= 15 is 0 Å². The lowest BCUT2D eigenvalue weighted by atomic mass is 9.91. The van der Waals surface area contributed by atoms with Crippen molar-refractivity contribution in [2.75, 3.05) is 19.7 Å². The van der Waals surface area contributed by atoms with E-state index in [9.17, 15) is 0 Å². The Balaban J connectivity index is 1.74. The Morgan fingerprint density at radius 3 is 2.53 bits per heavy atom. The molecule has 0 aliphatic carbocycles. The Kier molecular flexibility index (Phi) is 6.22. The van der Waals surface area contributed by atoms with Crippen LogP contribution < -0.4 is 10.1 Å². The molecule has 1 aliphatic rings. The molecule has 2 rings (SSSR count). The molecule has 2 heteroatoms. The lowest BCUT2D eigenvalue weighted by Crippen LogP contribution is -2.23. The third-order valence-electron chi connectivity index (χ3n) is 3.86. The summed E-state index contributed by atoms with van der Waals surface area (Å²) in [6.45, 7) is 5.18. The highest BCUT2D eigenvalue weighted by molar-refractivity contribution is 5.27. The van der Waals surface area contributed by atoms with Crippen molar-refractivity contribution in [1.82, 2.24) is 5.32 Å². The van der Waals surface area contributed by atoms with Crippen LogP contribution in [0.2, 0.25) is 0 Å². The fourth-order valence-corrected chi connectivity index (χ4v) is 2.61. The van der Waals surface area contributed by atoms with Gasteiger partial charge in [-0.05, 0) is 49.3 Å². The van der Waals surface area contributed by atoms with Crippen molar-refractivity contribution in [2.24, 2.45) is 5.92 Å². The number of hydrogen-bond acceptors (Lipinski definition) is 1. The Bertz CT molecular complexity index is 341. The van der Waals surface area contributed by atoms with Gasteiger partial charge in [0.2, 0.25) is 0 Å². The van der Waals surface area contributed by atoms with Gasteiger partial charge in [0.25, 0.3) is 0 Å². The van der Waals surface area contributed by atoms with E-state index in [-0.39, 0.29) is 0 Å². The third kappa shape index (κ3) is 5.23. The second kappa shape index (κ2) is 8.21. The molecule has 1 saturated heterocycles. The van der Waals surface area contributed by atoms with E-state index in [1.807, 2.05) is 0 Å². The summed E-state index contributed by atoms with van der Waals surface area (Å²) >= 11 is 0. The highest BCUT2D eigenvalue weighted by Gasteiger charge is 2.13. The van der Waals surface area contributed by atoms with Gasteiger partial charge in [0.1, 0.15) is 5.75 Å².